The number of carbonyl (C=O) groups excluding carboxylic acids is 2. The number of amides is 1. The molecule has 1 aromatic carbocycles. The summed E-state index contributed by atoms with van der Waals surface area (Å²) in [5, 5.41) is 3.99. The van der Waals surface area contributed by atoms with Gasteiger partial charge in [0.25, 0.3) is 5.91 Å². The summed E-state index contributed by atoms with van der Waals surface area (Å²) in [4.78, 5) is 28.0. The van der Waals surface area contributed by atoms with Crippen LogP contribution >= 0.6 is 11.8 Å². The van der Waals surface area contributed by atoms with Crippen LogP contribution in [0.3, 0.4) is 0 Å². The van der Waals surface area contributed by atoms with E-state index in [4.69, 9.17) is 9.26 Å². The number of benzene rings is 1. The van der Waals surface area contributed by atoms with E-state index in [0.717, 1.165) is 34.8 Å². The van der Waals surface area contributed by atoms with Crippen molar-refractivity contribution in [1.82, 2.24) is 10.1 Å². The van der Waals surface area contributed by atoms with Crippen LogP contribution in [0.25, 0.3) is 0 Å². The number of aryl methyl sites for hydroxylation is 2. The van der Waals surface area contributed by atoms with Crippen molar-refractivity contribution >= 4 is 23.6 Å². The maximum absolute atomic E-state index is 13.2. The lowest BCUT2D eigenvalue weighted by molar-refractivity contribution is -0.149. The standard InChI is InChI=1S/C21H26N2O4S/c1-4-26-21(25)16-8-7-11-23(12-16)20(24)17-9-5-6-10-19(17)28-13-18-14(2)22-27-15(18)3/h5-6,9-10,16H,4,7-8,11-13H2,1-3H3. The summed E-state index contributed by atoms with van der Waals surface area (Å²) in [6, 6.07) is 7.62. The molecular weight excluding hydrogens is 376 g/mol. The van der Waals surface area contributed by atoms with Crippen LogP contribution in [0.2, 0.25) is 0 Å². The minimum Gasteiger partial charge on any atom is -0.466 e. The van der Waals surface area contributed by atoms with Crippen molar-refractivity contribution in [2.45, 2.75) is 44.3 Å². The highest BCUT2D eigenvalue weighted by atomic mass is 32.2. The fraction of sp³-hybridized carbons (Fsp3) is 0.476. The van der Waals surface area contributed by atoms with Crippen LogP contribution in [0.5, 0.6) is 0 Å². The lowest BCUT2D eigenvalue weighted by Crippen LogP contribution is -2.43. The van der Waals surface area contributed by atoms with Crippen LogP contribution in [-0.4, -0.2) is 41.6 Å². The minimum atomic E-state index is -0.236. The van der Waals surface area contributed by atoms with Crippen molar-refractivity contribution in [1.29, 1.82) is 0 Å². The Kier molecular flexibility index (Phi) is 6.78. The Balaban J connectivity index is 1.72. The molecule has 1 aromatic heterocycles. The molecule has 1 unspecified atom stereocenters. The van der Waals surface area contributed by atoms with Crippen LogP contribution in [0.1, 0.15) is 47.1 Å². The summed E-state index contributed by atoms with van der Waals surface area (Å²) in [6.07, 6.45) is 1.58. The van der Waals surface area contributed by atoms with E-state index in [1.54, 1.807) is 23.6 Å². The molecule has 2 heterocycles. The number of rotatable bonds is 6. The van der Waals surface area contributed by atoms with Crippen molar-refractivity contribution in [2.24, 2.45) is 5.92 Å². The first-order valence-electron chi connectivity index (χ1n) is 9.60. The normalized spacial score (nSPS) is 16.8. The Labute approximate surface area is 169 Å². The third-order valence-corrected chi connectivity index (χ3v) is 6.10. The lowest BCUT2D eigenvalue weighted by atomic mass is 9.97. The van der Waals surface area contributed by atoms with Crippen molar-refractivity contribution in [3.05, 3.63) is 46.8 Å². The Morgan fingerprint density at radius 1 is 1.32 bits per heavy atom. The van der Waals surface area contributed by atoms with Gasteiger partial charge >= 0.3 is 5.97 Å². The van der Waals surface area contributed by atoms with Gasteiger partial charge in [0, 0.05) is 29.3 Å². The monoisotopic (exact) mass is 402 g/mol. The molecule has 0 radical (unpaired) electrons. The first-order chi connectivity index (χ1) is 13.5. The largest absolute Gasteiger partial charge is 0.466 e. The van der Waals surface area contributed by atoms with Crippen LogP contribution < -0.4 is 0 Å². The fourth-order valence-electron chi connectivity index (χ4n) is 3.41. The predicted octanol–water partition coefficient (Wildman–Crippen LogP) is 4.00. The van der Waals surface area contributed by atoms with Gasteiger partial charge in [-0.05, 0) is 45.7 Å². The molecule has 0 spiro atoms. The van der Waals surface area contributed by atoms with Gasteiger partial charge in [0.2, 0.25) is 0 Å². The first-order valence-corrected chi connectivity index (χ1v) is 10.6. The molecule has 1 saturated heterocycles. The van der Waals surface area contributed by atoms with Crippen LogP contribution in [0.4, 0.5) is 0 Å². The molecule has 2 aromatic rings. The van der Waals surface area contributed by atoms with Gasteiger partial charge in [0.1, 0.15) is 5.76 Å². The Hall–Kier alpha value is -2.28. The van der Waals surface area contributed by atoms with E-state index in [-0.39, 0.29) is 17.8 Å². The second kappa shape index (κ2) is 9.28. The summed E-state index contributed by atoms with van der Waals surface area (Å²) < 4.78 is 10.4. The molecule has 6 nitrogen and oxygen atoms in total. The highest BCUT2D eigenvalue weighted by molar-refractivity contribution is 7.98. The van der Waals surface area contributed by atoms with Gasteiger partial charge < -0.3 is 14.2 Å². The van der Waals surface area contributed by atoms with E-state index in [0.29, 0.717) is 31.0 Å². The second-order valence-electron chi connectivity index (χ2n) is 6.93. The Morgan fingerprint density at radius 2 is 2.11 bits per heavy atom. The smallest absolute Gasteiger partial charge is 0.310 e. The molecule has 3 rings (SSSR count). The molecule has 1 aliphatic heterocycles. The van der Waals surface area contributed by atoms with Crippen molar-refractivity contribution in [2.75, 3.05) is 19.7 Å². The summed E-state index contributed by atoms with van der Waals surface area (Å²) in [7, 11) is 0. The summed E-state index contributed by atoms with van der Waals surface area (Å²) in [6.45, 7) is 7.07. The van der Waals surface area contributed by atoms with Gasteiger partial charge in [-0.2, -0.15) is 0 Å². The number of hydrogen-bond donors (Lipinski definition) is 0. The van der Waals surface area contributed by atoms with Gasteiger partial charge in [0.15, 0.2) is 0 Å². The van der Waals surface area contributed by atoms with Gasteiger partial charge in [-0.1, -0.05) is 17.3 Å². The molecule has 1 amide bonds. The molecule has 1 atom stereocenters. The molecule has 7 heteroatoms. The third-order valence-electron chi connectivity index (χ3n) is 5.00. The predicted molar refractivity (Wildman–Crippen MR) is 107 cm³/mol. The number of likely N-dealkylation sites (tertiary alicyclic amines) is 1. The molecule has 0 N–H and O–H groups in total. The number of nitrogens with zero attached hydrogens (tertiary/aromatic N) is 2. The molecule has 1 fully saturated rings. The maximum Gasteiger partial charge on any atom is 0.310 e. The van der Waals surface area contributed by atoms with Crippen molar-refractivity contribution in [3.63, 3.8) is 0 Å². The summed E-state index contributed by atoms with van der Waals surface area (Å²) in [5.41, 5.74) is 2.61. The Bertz CT molecular complexity index is 829. The molecule has 28 heavy (non-hydrogen) atoms. The average molecular weight is 403 g/mol. The molecular formula is C21H26N2O4S. The quantitative estimate of drug-likeness (QED) is 0.537. The van der Waals surface area contributed by atoms with E-state index >= 15 is 0 Å². The van der Waals surface area contributed by atoms with E-state index < -0.39 is 0 Å². The topological polar surface area (TPSA) is 72.6 Å². The van der Waals surface area contributed by atoms with E-state index in [9.17, 15) is 9.59 Å². The number of carbonyl (C=O) groups is 2. The number of thioether (sulfide) groups is 1. The number of esters is 1. The molecule has 0 aliphatic carbocycles. The molecule has 0 bridgehead atoms. The molecule has 0 saturated carbocycles. The zero-order valence-corrected chi connectivity index (χ0v) is 17.4. The van der Waals surface area contributed by atoms with Crippen LogP contribution in [0, 0.1) is 19.8 Å². The van der Waals surface area contributed by atoms with Crippen molar-refractivity contribution in [3.8, 4) is 0 Å². The molecule has 150 valence electrons. The summed E-state index contributed by atoms with van der Waals surface area (Å²) in [5.74, 6) is 1.02. The van der Waals surface area contributed by atoms with Crippen LogP contribution in [-0.2, 0) is 15.3 Å². The molecule has 1 aliphatic rings. The van der Waals surface area contributed by atoms with Crippen LogP contribution in [0.15, 0.2) is 33.7 Å². The number of ether oxygens (including phenoxy) is 1. The zero-order valence-electron chi connectivity index (χ0n) is 16.6. The average Bonchev–Trinajstić information content (AvgIpc) is 3.04. The van der Waals surface area contributed by atoms with Gasteiger partial charge in [0.05, 0.1) is 23.8 Å². The van der Waals surface area contributed by atoms with Gasteiger partial charge in [-0.15, -0.1) is 11.8 Å². The number of hydrogen-bond acceptors (Lipinski definition) is 6. The third kappa shape index (κ3) is 4.58. The van der Waals surface area contributed by atoms with E-state index in [2.05, 4.69) is 5.16 Å². The first kappa shape index (κ1) is 20.5. The summed E-state index contributed by atoms with van der Waals surface area (Å²) >= 11 is 1.60. The highest BCUT2D eigenvalue weighted by Crippen LogP contribution is 2.30. The van der Waals surface area contributed by atoms with E-state index in [1.165, 1.54) is 0 Å². The zero-order chi connectivity index (χ0) is 20.1. The SMILES string of the molecule is CCOC(=O)C1CCCN(C(=O)c2ccccc2SCc2c(C)noc2C)C1. The van der Waals surface area contributed by atoms with Gasteiger partial charge in [-0.3, -0.25) is 9.59 Å². The van der Waals surface area contributed by atoms with E-state index in [1.807, 2.05) is 38.1 Å². The second-order valence-corrected chi connectivity index (χ2v) is 7.95. The van der Waals surface area contributed by atoms with Gasteiger partial charge in [-0.25, -0.2) is 0 Å². The Morgan fingerprint density at radius 3 is 2.82 bits per heavy atom. The number of aromatic nitrogens is 1. The van der Waals surface area contributed by atoms with Crippen molar-refractivity contribution < 1.29 is 18.8 Å². The fourth-order valence-corrected chi connectivity index (χ4v) is 4.61. The maximum atomic E-state index is 13.2. The number of piperidine rings is 1. The lowest BCUT2D eigenvalue weighted by Gasteiger charge is -2.32. The minimum absolute atomic E-state index is 0.0316. The highest BCUT2D eigenvalue weighted by Gasteiger charge is 2.30.